The molecule has 0 aliphatic carbocycles. The minimum atomic E-state index is -0.272. The van der Waals surface area contributed by atoms with Gasteiger partial charge in [0, 0.05) is 22.2 Å². The zero-order valence-electron chi connectivity index (χ0n) is 7.65. The van der Waals surface area contributed by atoms with Gasteiger partial charge in [0.1, 0.15) is 0 Å². The minimum absolute atomic E-state index is 0.107. The third-order valence-electron chi connectivity index (χ3n) is 1.61. The molecule has 0 saturated carbocycles. The first kappa shape index (κ1) is 10.3. The van der Waals surface area contributed by atoms with Gasteiger partial charge in [-0.1, -0.05) is 5.10 Å². The van der Waals surface area contributed by atoms with E-state index in [0.29, 0.717) is 11.5 Å². The molecule has 0 bridgehead atoms. The van der Waals surface area contributed by atoms with Crippen LogP contribution in [-0.4, -0.2) is 16.1 Å². The fraction of sp³-hybridized carbons (Fsp3) is 0.125. The standard InChI is InChI=1S/C8H6BrN3O2S/c1-4-11-12-8(14-4)10-7(13)5-2-15-3-6(5)9/h2-3H,1H3,(H,10,12,13). The molecule has 0 aromatic carbocycles. The molecule has 1 amide bonds. The predicted molar refractivity (Wildman–Crippen MR) is 59.0 cm³/mol. The zero-order chi connectivity index (χ0) is 10.8. The van der Waals surface area contributed by atoms with Crippen molar-refractivity contribution in [1.82, 2.24) is 10.2 Å². The van der Waals surface area contributed by atoms with E-state index in [-0.39, 0.29) is 11.9 Å². The fourth-order valence-electron chi connectivity index (χ4n) is 0.955. The molecule has 0 atom stereocenters. The first-order chi connectivity index (χ1) is 7.16. The number of nitrogens with one attached hydrogen (secondary N) is 1. The van der Waals surface area contributed by atoms with Crippen LogP contribution < -0.4 is 5.32 Å². The number of anilines is 1. The lowest BCUT2D eigenvalue weighted by molar-refractivity contribution is 0.102. The smallest absolute Gasteiger partial charge is 0.322 e. The first-order valence-electron chi connectivity index (χ1n) is 4.00. The van der Waals surface area contributed by atoms with Crippen molar-refractivity contribution < 1.29 is 9.21 Å². The number of rotatable bonds is 2. The van der Waals surface area contributed by atoms with Gasteiger partial charge in [-0.3, -0.25) is 10.1 Å². The molecular formula is C8H6BrN3O2S. The highest BCUT2D eigenvalue weighted by Gasteiger charge is 2.13. The summed E-state index contributed by atoms with van der Waals surface area (Å²) in [7, 11) is 0. The maximum Gasteiger partial charge on any atom is 0.322 e. The molecule has 2 rings (SSSR count). The Hall–Kier alpha value is -1.21. The Balaban J connectivity index is 2.14. The molecule has 0 radical (unpaired) electrons. The Kier molecular flexibility index (Phi) is 2.83. The van der Waals surface area contributed by atoms with Crippen LogP contribution in [-0.2, 0) is 0 Å². The van der Waals surface area contributed by atoms with Crippen molar-refractivity contribution in [2.24, 2.45) is 0 Å². The van der Waals surface area contributed by atoms with Crippen molar-refractivity contribution in [2.45, 2.75) is 6.92 Å². The summed E-state index contributed by atoms with van der Waals surface area (Å²) in [4.78, 5) is 11.6. The minimum Gasteiger partial charge on any atom is -0.408 e. The fourth-order valence-corrected chi connectivity index (χ4v) is 2.41. The second kappa shape index (κ2) is 4.11. The summed E-state index contributed by atoms with van der Waals surface area (Å²) in [5.74, 6) is 0.140. The average molecular weight is 288 g/mol. The number of carbonyl (C=O) groups excluding carboxylic acids is 1. The Bertz CT molecular complexity index is 494. The Morgan fingerprint density at radius 2 is 2.33 bits per heavy atom. The molecule has 2 aromatic rings. The van der Waals surface area contributed by atoms with E-state index in [4.69, 9.17) is 4.42 Å². The highest BCUT2D eigenvalue weighted by Crippen LogP contribution is 2.22. The van der Waals surface area contributed by atoms with Crippen molar-refractivity contribution in [3.8, 4) is 0 Å². The van der Waals surface area contributed by atoms with Crippen molar-refractivity contribution in [2.75, 3.05) is 5.32 Å². The van der Waals surface area contributed by atoms with Crippen LogP contribution in [0.1, 0.15) is 16.2 Å². The summed E-state index contributed by atoms with van der Waals surface area (Å²) in [6.07, 6.45) is 0. The van der Waals surface area contributed by atoms with Gasteiger partial charge in [-0.05, 0) is 15.9 Å². The summed E-state index contributed by atoms with van der Waals surface area (Å²) in [5, 5.41) is 13.3. The molecule has 1 N–H and O–H groups in total. The van der Waals surface area contributed by atoms with Crippen LogP contribution in [0.5, 0.6) is 0 Å². The molecule has 0 aliphatic heterocycles. The van der Waals surface area contributed by atoms with Gasteiger partial charge in [-0.25, -0.2) is 0 Å². The quantitative estimate of drug-likeness (QED) is 0.921. The molecular weight excluding hydrogens is 282 g/mol. The summed E-state index contributed by atoms with van der Waals surface area (Å²) < 4.78 is 5.78. The molecule has 0 saturated heterocycles. The number of carbonyl (C=O) groups is 1. The maximum atomic E-state index is 11.6. The number of hydrogen-bond donors (Lipinski definition) is 1. The molecule has 0 spiro atoms. The summed E-state index contributed by atoms with van der Waals surface area (Å²) in [6.45, 7) is 1.66. The number of halogens is 1. The number of aryl methyl sites for hydroxylation is 1. The monoisotopic (exact) mass is 287 g/mol. The topological polar surface area (TPSA) is 68.0 Å². The molecule has 0 unspecified atom stereocenters. The van der Waals surface area contributed by atoms with E-state index < -0.39 is 0 Å². The van der Waals surface area contributed by atoms with E-state index in [1.807, 2.05) is 5.38 Å². The van der Waals surface area contributed by atoms with Crippen LogP contribution in [0.3, 0.4) is 0 Å². The largest absolute Gasteiger partial charge is 0.408 e. The number of aromatic nitrogens is 2. The second-order valence-electron chi connectivity index (χ2n) is 2.71. The van der Waals surface area contributed by atoms with Crippen LogP contribution >= 0.6 is 27.3 Å². The normalized spacial score (nSPS) is 10.3. The lowest BCUT2D eigenvalue weighted by Crippen LogP contribution is -2.11. The third-order valence-corrected chi connectivity index (χ3v) is 3.31. The lowest BCUT2D eigenvalue weighted by Gasteiger charge is -1.97. The molecule has 78 valence electrons. The molecule has 0 fully saturated rings. The van der Waals surface area contributed by atoms with E-state index in [0.717, 1.165) is 4.47 Å². The molecule has 5 nitrogen and oxygen atoms in total. The summed E-state index contributed by atoms with van der Waals surface area (Å²) in [6, 6.07) is 0.107. The highest BCUT2D eigenvalue weighted by atomic mass is 79.9. The summed E-state index contributed by atoms with van der Waals surface area (Å²) in [5.41, 5.74) is 0.552. The highest BCUT2D eigenvalue weighted by molar-refractivity contribution is 9.10. The zero-order valence-corrected chi connectivity index (χ0v) is 10.1. The SMILES string of the molecule is Cc1nnc(NC(=O)c2cscc2Br)o1. The van der Waals surface area contributed by atoms with E-state index in [9.17, 15) is 4.79 Å². The Morgan fingerprint density at radius 3 is 2.87 bits per heavy atom. The molecule has 2 aromatic heterocycles. The van der Waals surface area contributed by atoms with E-state index in [2.05, 4.69) is 31.4 Å². The predicted octanol–water partition coefficient (Wildman–Crippen LogP) is 2.45. The van der Waals surface area contributed by atoms with Gasteiger partial charge in [0.05, 0.1) is 5.56 Å². The van der Waals surface area contributed by atoms with Gasteiger partial charge in [-0.15, -0.1) is 5.10 Å². The van der Waals surface area contributed by atoms with Gasteiger partial charge in [0.2, 0.25) is 5.89 Å². The molecule has 2 heterocycles. The van der Waals surface area contributed by atoms with Crippen molar-refractivity contribution in [1.29, 1.82) is 0 Å². The van der Waals surface area contributed by atoms with Gasteiger partial charge in [0.25, 0.3) is 5.91 Å². The number of amides is 1. The number of hydrogen-bond acceptors (Lipinski definition) is 5. The Labute approximate surface area is 97.6 Å². The van der Waals surface area contributed by atoms with E-state index in [1.165, 1.54) is 11.3 Å². The Morgan fingerprint density at radius 1 is 1.53 bits per heavy atom. The van der Waals surface area contributed by atoms with Crippen LogP contribution in [0.15, 0.2) is 19.6 Å². The van der Waals surface area contributed by atoms with Crippen molar-refractivity contribution in [3.05, 3.63) is 26.7 Å². The van der Waals surface area contributed by atoms with Gasteiger partial charge < -0.3 is 4.42 Å². The van der Waals surface area contributed by atoms with E-state index in [1.54, 1.807) is 12.3 Å². The molecule has 0 aliphatic rings. The van der Waals surface area contributed by atoms with Gasteiger partial charge in [0.15, 0.2) is 0 Å². The van der Waals surface area contributed by atoms with Crippen LogP contribution in [0.2, 0.25) is 0 Å². The lowest BCUT2D eigenvalue weighted by atomic mass is 10.3. The van der Waals surface area contributed by atoms with Crippen LogP contribution in [0, 0.1) is 6.92 Å². The first-order valence-corrected chi connectivity index (χ1v) is 5.73. The number of nitrogens with zero attached hydrogens (tertiary/aromatic N) is 2. The molecule has 15 heavy (non-hydrogen) atoms. The van der Waals surface area contributed by atoms with Crippen LogP contribution in [0.25, 0.3) is 0 Å². The number of thiophene rings is 1. The second-order valence-corrected chi connectivity index (χ2v) is 4.31. The maximum absolute atomic E-state index is 11.6. The van der Waals surface area contributed by atoms with Crippen LogP contribution in [0.4, 0.5) is 6.01 Å². The van der Waals surface area contributed by atoms with Gasteiger partial charge in [-0.2, -0.15) is 11.3 Å². The van der Waals surface area contributed by atoms with Gasteiger partial charge >= 0.3 is 6.01 Å². The van der Waals surface area contributed by atoms with E-state index >= 15 is 0 Å². The third kappa shape index (κ3) is 2.24. The molecule has 7 heteroatoms. The summed E-state index contributed by atoms with van der Waals surface area (Å²) >= 11 is 4.70. The van der Waals surface area contributed by atoms with Crippen molar-refractivity contribution in [3.63, 3.8) is 0 Å². The van der Waals surface area contributed by atoms with Crippen molar-refractivity contribution >= 4 is 39.2 Å². The average Bonchev–Trinajstić information content (AvgIpc) is 2.75.